The molecule has 3 aromatic rings. The Hall–Kier alpha value is -4.03. The van der Waals surface area contributed by atoms with E-state index in [1.807, 2.05) is 0 Å². The fourth-order valence-corrected chi connectivity index (χ4v) is 4.80. The molecule has 0 saturated carbocycles. The fraction of sp³-hybridized carbons (Fsp3) is 0.280. The molecule has 12 heteroatoms. The van der Waals surface area contributed by atoms with Crippen LogP contribution < -0.4 is 26.4 Å². The maximum Gasteiger partial charge on any atom is 0.273 e. The van der Waals surface area contributed by atoms with Gasteiger partial charge in [-0.25, -0.2) is 4.39 Å². The molecule has 0 unspecified atom stereocenters. The van der Waals surface area contributed by atoms with Gasteiger partial charge in [-0.15, -0.1) is 0 Å². The molecule has 3 amide bonds. The van der Waals surface area contributed by atoms with Gasteiger partial charge in [-0.3, -0.25) is 19.3 Å². The number of carbonyl (C=O) groups excluding carboxylic acids is 3. The van der Waals surface area contributed by atoms with Gasteiger partial charge in [0.25, 0.3) is 11.8 Å². The Kier molecular flexibility index (Phi) is 7.99. The second kappa shape index (κ2) is 11.4. The van der Waals surface area contributed by atoms with Crippen LogP contribution in [0.2, 0.25) is 0 Å². The summed E-state index contributed by atoms with van der Waals surface area (Å²) in [6.07, 6.45) is 1.55. The molecular weight excluding hydrogens is 501 g/mol. The number of halogens is 1. The van der Waals surface area contributed by atoms with Crippen molar-refractivity contribution in [2.75, 3.05) is 30.9 Å². The Morgan fingerprint density at radius 3 is 2.65 bits per heavy atom. The molecule has 2 heterocycles. The molecule has 1 aliphatic heterocycles. The van der Waals surface area contributed by atoms with E-state index in [-0.39, 0.29) is 28.9 Å². The molecule has 1 aromatic heterocycles. The van der Waals surface area contributed by atoms with Crippen molar-refractivity contribution in [3.05, 3.63) is 70.5 Å². The van der Waals surface area contributed by atoms with Crippen LogP contribution in [0, 0.1) is 5.82 Å². The van der Waals surface area contributed by atoms with Gasteiger partial charge in [-0.1, -0.05) is 18.2 Å². The van der Waals surface area contributed by atoms with Gasteiger partial charge in [-0.05, 0) is 54.2 Å². The number of carbonyl (C=O) groups is 3. The molecule has 1 fully saturated rings. The zero-order valence-corrected chi connectivity index (χ0v) is 20.8. The first-order valence-corrected chi connectivity index (χ1v) is 12.2. The van der Waals surface area contributed by atoms with Gasteiger partial charge in [-0.2, -0.15) is 4.37 Å². The van der Waals surface area contributed by atoms with Crippen LogP contribution in [0.5, 0.6) is 5.75 Å². The quantitative estimate of drug-likeness (QED) is 0.387. The largest absolute Gasteiger partial charge is 0.497 e. The molecule has 1 aliphatic rings. The number of nitrogens with one attached hydrogen (secondary N) is 1. The number of amides is 3. The molecule has 10 nitrogen and oxygen atoms in total. The highest BCUT2D eigenvalue weighted by molar-refractivity contribution is 7.09. The molecule has 0 aliphatic carbocycles. The normalized spacial score (nSPS) is 15.7. The van der Waals surface area contributed by atoms with Gasteiger partial charge in [0.2, 0.25) is 5.91 Å². The Morgan fingerprint density at radius 1 is 1.27 bits per heavy atom. The van der Waals surface area contributed by atoms with Crippen molar-refractivity contribution in [1.82, 2.24) is 9.69 Å². The number of anilines is 2. The number of nitrogens with zero attached hydrogens (tertiary/aromatic N) is 2. The van der Waals surface area contributed by atoms with Crippen LogP contribution in [-0.4, -0.2) is 48.5 Å². The van der Waals surface area contributed by atoms with Crippen LogP contribution in [0.25, 0.3) is 0 Å². The Morgan fingerprint density at radius 2 is 2.03 bits per heavy atom. The third-order valence-electron chi connectivity index (χ3n) is 5.93. The van der Waals surface area contributed by atoms with Crippen LogP contribution in [0.1, 0.15) is 44.6 Å². The van der Waals surface area contributed by atoms with Crippen molar-refractivity contribution in [3.63, 3.8) is 0 Å². The highest BCUT2D eigenvalue weighted by atomic mass is 32.1. The monoisotopic (exact) mass is 527 g/mol. The lowest BCUT2D eigenvalue weighted by molar-refractivity contribution is -0.123. The molecule has 2 atom stereocenters. The third kappa shape index (κ3) is 5.70. The minimum atomic E-state index is -1.24. The molecule has 0 bridgehead atoms. The van der Waals surface area contributed by atoms with Gasteiger partial charge in [0.1, 0.15) is 22.5 Å². The van der Waals surface area contributed by atoms with E-state index in [1.54, 1.807) is 24.3 Å². The molecule has 0 radical (unpaired) electrons. The van der Waals surface area contributed by atoms with E-state index in [0.29, 0.717) is 35.1 Å². The summed E-state index contributed by atoms with van der Waals surface area (Å²) in [5, 5.41) is 2.86. The van der Waals surface area contributed by atoms with E-state index >= 15 is 0 Å². The van der Waals surface area contributed by atoms with E-state index in [1.165, 1.54) is 36.3 Å². The lowest BCUT2D eigenvalue weighted by Crippen LogP contribution is -2.45. The maximum absolute atomic E-state index is 14.0. The highest BCUT2D eigenvalue weighted by Crippen LogP contribution is 2.34. The summed E-state index contributed by atoms with van der Waals surface area (Å²) in [7, 11) is 1.47. The molecular formula is C25H26FN5O5S. The van der Waals surface area contributed by atoms with Crippen LogP contribution >= 0.6 is 11.5 Å². The number of ether oxygens (including phenoxy) is 2. The van der Waals surface area contributed by atoms with Crippen molar-refractivity contribution >= 4 is 40.6 Å². The Bertz CT molecular complexity index is 1290. The highest BCUT2D eigenvalue weighted by Gasteiger charge is 2.36. The van der Waals surface area contributed by atoms with Crippen molar-refractivity contribution in [3.8, 4) is 5.75 Å². The summed E-state index contributed by atoms with van der Waals surface area (Å²) in [5.41, 5.74) is 11.6. The number of rotatable bonds is 9. The van der Waals surface area contributed by atoms with Gasteiger partial charge >= 0.3 is 0 Å². The fourth-order valence-electron chi connectivity index (χ4n) is 4.06. The van der Waals surface area contributed by atoms with E-state index in [4.69, 9.17) is 20.9 Å². The number of primary amides is 1. The van der Waals surface area contributed by atoms with Crippen LogP contribution in [0.15, 0.2) is 48.5 Å². The van der Waals surface area contributed by atoms with Crippen molar-refractivity contribution in [2.24, 2.45) is 5.73 Å². The maximum atomic E-state index is 14.0. The predicted molar refractivity (Wildman–Crippen MR) is 136 cm³/mol. The number of benzene rings is 2. The number of methoxy groups -OCH3 is 1. The average molecular weight is 528 g/mol. The first kappa shape index (κ1) is 26.0. The molecule has 37 heavy (non-hydrogen) atoms. The van der Waals surface area contributed by atoms with Crippen molar-refractivity contribution in [1.29, 1.82) is 0 Å². The SMILES string of the molecule is COc1cccc(N(C(=O)c2snc(C(N)=O)c2N)[C@H](C(=O)NC[C@H]2CCCO2)c2ccc(F)cc2)c1. The lowest BCUT2D eigenvalue weighted by atomic mass is 10.0. The topological polar surface area (TPSA) is 150 Å². The minimum absolute atomic E-state index is 0.0735. The smallest absolute Gasteiger partial charge is 0.273 e. The van der Waals surface area contributed by atoms with Gasteiger partial charge in [0.15, 0.2) is 5.69 Å². The van der Waals surface area contributed by atoms with E-state index in [2.05, 4.69) is 9.69 Å². The summed E-state index contributed by atoms with van der Waals surface area (Å²) in [6, 6.07) is 10.6. The summed E-state index contributed by atoms with van der Waals surface area (Å²) in [4.78, 5) is 40.5. The van der Waals surface area contributed by atoms with Crippen LogP contribution in [0.4, 0.5) is 15.8 Å². The number of nitrogens with two attached hydrogens (primary N) is 2. The number of hydrogen-bond acceptors (Lipinski definition) is 8. The van der Waals surface area contributed by atoms with Crippen LogP contribution in [-0.2, 0) is 9.53 Å². The van der Waals surface area contributed by atoms with Crippen molar-refractivity contribution < 1.29 is 28.2 Å². The molecule has 0 spiro atoms. The van der Waals surface area contributed by atoms with Gasteiger partial charge in [0.05, 0.1) is 18.9 Å². The number of hydrogen-bond donors (Lipinski definition) is 3. The third-order valence-corrected chi connectivity index (χ3v) is 6.78. The van der Waals surface area contributed by atoms with Gasteiger partial charge in [0, 0.05) is 24.9 Å². The molecule has 194 valence electrons. The second-order valence-electron chi connectivity index (χ2n) is 8.35. The Balaban J connectivity index is 1.82. The Labute approximate surface area is 216 Å². The zero-order chi connectivity index (χ0) is 26.5. The summed E-state index contributed by atoms with van der Waals surface area (Å²) < 4.78 is 28.7. The van der Waals surface area contributed by atoms with E-state index < -0.39 is 29.6 Å². The van der Waals surface area contributed by atoms with E-state index in [9.17, 15) is 18.8 Å². The first-order valence-electron chi connectivity index (χ1n) is 11.5. The minimum Gasteiger partial charge on any atom is -0.497 e. The lowest BCUT2D eigenvalue weighted by Gasteiger charge is -2.31. The first-order chi connectivity index (χ1) is 17.8. The number of aromatic nitrogens is 1. The second-order valence-corrected chi connectivity index (χ2v) is 9.12. The zero-order valence-electron chi connectivity index (χ0n) is 20.0. The predicted octanol–water partition coefficient (Wildman–Crippen LogP) is 2.66. The number of nitrogen functional groups attached to an aromatic ring is 1. The standard InChI is InChI=1S/C25H26FN5O5S/c1-35-17-5-2-4-16(12-17)31(25(34)22-19(27)20(23(28)32)30-37-22)21(14-7-9-15(26)10-8-14)24(33)29-13-18-6-3-11-36-18/h2,4-5,7-10,12,18,21H,3,6,11,13,27H2,1H3,(H2,28,32)(H,29,33)/t18-,21+/m1/s1. The molecule has 4 rings (SSSR count). The van der Waals surface area contributed by atoms with E-state index in [0.717, 1.165) is 12.8 Å². The summed E-state index contributed by atoms with van der Waals surface area (Å²) in [5.74, 6) is -2.17. The van der Waals surface area contributed by atoms with Gasteiger partial charge < -0.3 is 26.3 Å². The van der Waals surface area contributed by atoms with Crippen molar-refractivity contribution in [2.45, 2.75) is 25.0 Å². The average Bonchev–Trinajstić information content (AvgIpc) is 3.56. The van der Waals surface area contributed by atoms with Crippen LogP contribution in [0.3, 0.4) is 0 Å². The molecule has 5 N–H and O–H groups in total. The summed E-state index contributed by atoms with van der Waals surface area (Å²) >= 11 is 0.696. The molecule has 2 aromatic carbocycles. The molecule has 1 saturated heterocycles. The summed E-state index contributed by atoms with van der Waals surface area (Å²) in [6.45, 7) is 0.856.